The monoisotopic (exact) mass is 451 g/mol. The second kappa shape index (κ2) is 8.74. The Morgan fingerprint density at radius 1 is 1.12 bits per heavy atom. The molecule has 5 rings (SSSR count). The van der Waals surface area contributed by atoms with E-state index in [-0.39, 0.29) is 29.5 Å². The first-order chi connectivity index (χ1) is 16.0. The number of hydroxylamine groups is 2. The summed E-state index contributed by atoms with van der Waals surface area (Å²) in [6, 6.07) is 3.18. The molecule has 3 saturated heterocycles. The summed E-state index contributed by atoms with van der Waals surface area (Å²) in [6.45, 7) is 2.32. The Morgan fingerprint density at radius 3 is 2.64 bits per heavy atom. The molecule has 3 amide bonds. The van der Waals surface area contributed by atoms with Crippen LogP contribution in [0.4, 0.5) is 11.6 Å². The zero-order chi connectivity index (χ0) is 22.9. The molecule has 5 heterocycles. The normalized spacial score (nSPS) is 21.3. The Labute approximate surface area is 190 Å². The Kier molecular flexibility index (Phi) is 5.63. The molecular formula is C22H25N7O4. The third-order valence-corrected chi connectivity index (χ3v) is 6.44. The standard InChI is InChI=1S/C22H25N7O4/c23-20(31)17-1-6-25-22(26-17)27-7-2-14(3-8-27)21(32)29-18(5-10-33-29)15-11-16(13-24-12-15)28-9-4-19(28)30/h1,6,11-14,18H,2-5,7-10H2,(H2,23,31)/t18-/m0/s1. The number of nitrogens with two attached hydrogens (primary N) is 1. The van der Waals surface area contributed by atoms with Gasteiger partial charge in [0, 0.05) is 50.8 Å². The number of nitrogens with zero attached hydrogens (tertiary/aromatic N) is 6. The molecule has 2 N–H and O–H groups in total. The molecule has 0 saturated carbocycles. The van der Waals surface area contributed by atoms with Crippen molar-refractivity contribution < 1.29 is 19.2 Å². The van der Waals surface area contributed by atoms with Crippen LogP contribution in [0.2, 0.25) is 0 Å². The van der Waals surface area contributed by atoms with Crippen molar-refractivity contribution in [3.05, 3.63) is 42.0 Å². The lowest BCUT2D eigenvalue weighted by atomic mass is 9.95. The molecule has 3 aliphatic heterocycles. The van der Waals surface area contributed by atoms with Crippen molar-refractivity contribution in [2.45, 2.75) is 31.7 Å². The van der Waals surface area contributed by atoms with Crippen molar-refractivity contribution in [3.8, 4) is 0 Å². The topological polar surface area (TPSA) is 135 Å². The van der Waals surface area contributed by atoms with Gasteiger partial charge in [-0.2, -0.15) is 0 Å². The molecule has 2 aromatic heterocycles. The number of pyridine rings is 1. The summed E-state index contributed by atoms with van der Waals surface area (Å²) in [5.74, 6) is -0.306. The molecule has 3 aliphatic rings. The summed E-state index contributed by atoms with van der Waals surface area (Å²) < 4.78 is 0. The molecule has 0 spiro atoms. The molecule has 0 radical (unpaired) electrons. The van der Waals surface area contributed by atoms with Crippen molar-refractivity contribution in [2.24, 2.45) is 11.7 Å². The number of aromatic nitrogens is 3. The summed E-state index contributed by atoms with van der Waals surface area (Å²) in [6.07, 6.45) is 7.40. The van der Waals surface area contributed by atoms with E-state index in [0.717, 1.165) is 11.3 Å². The Morgan fingerprint density at radius 2 is 1.94 bits per heavy atom. The van der Waals surface area contributed by atoms with Crippen molar-refractivity contribution in [2.75, 3.05) is 36.0 Å². The summed E-state index contributed by atoms with van der Waals surface area (Å²) in [7, 11) is 0. The van der Waals surface area contributed by atoms with E-state index >= 15 is 0 Å². The Balaban J connectivity index is 1.24. The number of hydrogen-bond donors (Lipinski definition) is 1. The average molecular weight is 451 g/mol. The quantitative estimate of drug-likeness (QED) is 0.661. The van der Waals surface area contributed by atoms with E-state index in [2.05, 4.69) is 15.0 Å². The number of anilines is 2. The van der Waals surface area contributed by atoms with Gasteiger partial charge >= 0.3 is 0 Å². The molecule has 0 aromatic carbocycles. The Hall–Kier alpha value is -3.60. The second-order valence-electron chi connectivity index (χ2n) is 8.44. The molecular weight excluding hydrogens is 426 g/mol. The van der Waals surface area contributed by atoms with Crippen LogP contribution in [0.1, 0.15) is 47.8 Å². The Bertz CT molecular complexity index is 1090. The second-order valence-corrected chi connectivity index (χ2v) is 8.44. The number of carbonyl (C=O) groups excluding carboxylic acids is 3. The van der Waals surface area contributed by atoms with Gasteiger partial charge < -0.3 is 15.5 Å². The lowest BCUT2D eigenvalue weighted by Crippen LogP contribution is -2.43. The van der Waals surface area contributed by atoms with Crippen LogP contribution in [-0.2, 0) is 14.4 Å². The SMILES string of the molecule is NC(=O)c1ccnc(N2CCC(C(=O)N3OCC[C@H]3c3cncc(N4CCC4=O)c3)CC2)n1. The lowest BCUT2D eigenvalue weighted by Gasteiger charge is -2.34. The fourth-order valence-electron chi connectivity index (χ4n) is 4.50. The molecule has 3 fully saturated rings. The van der Waals surface area contributed by atoms with Crippen LogP contribution in [0.3, 0.4) is 0 Å². The predicted molar refractivity (Wildman–Crippen MR) is 117 cm³/mol. The van der Waals surface area contributed by atoms with Crippen LogP contribution < -0.4 is 15.5 Å². The highest BCUT2D eigenvalue weighted by atomic mass is 16.7. The third-order valence-electron chi connectivity index (χ3n) is 6.44. The van der Waals surface area contributed by atoms with E-state index in [9.17, 15) is 14.4 Å². The van der Waals surface area contributed by atoms with Gasteiger partial charge in [0.15, 0.2) is 0 Å². The van der Waals surface area contributed by atoms with Gasteiger partial charge in [0.1, 0.15) is 5.69 Å². The minimum atomic E-state index is -0.599. The summed E-state index contributed by atoms with van der Waals surface area (Å²) in [5.41, 5.74) is 7.11. The van der Waals surface area contributed by atoms with Crippen molar-refractivity contribution in [1.29, 1.82) is 0 Å². The minimum Gasteiger partial charge on any atom is -0.364 e. The molecule has 172 valence electrons. The van der Waals surface area contributed by atoms with E-state index in [1.54, 1.807) is 17.3 Å². The lowest BCUT2D eigenvalue weighted by molar-refractivity contribution is -0.182. The van der Waals surface area contributed by atoms with Crippen LogP contribution in [0.15, 0.2) is 30.7 Å². The fraction of sp³-hybridized carbons (Fsp3) is 0.455. The van der Waals surface area contributed by atoms with Crippen molar-refractivity contribution in [1.82, 2.24) is 20.0 Å². The van der Waals surface area contributed by atoms with Crippen molar-refractivity contribution >= 4 is 29.4 Å². The number of hydrogen-bond acceptors (Lipinski definition) is 8. The highest BCUT2D eigenvalue weighted by molar-refractivity contribution is 5.99. The van der Waals surface area contributed by atoms with Crippen LogP contribution in [0.25, 0.3) is 0 Å². The molecule has 11 nitrogen and oxygen atoms in total. The third kappa shape index (κ3) is 4.11. The first-order valence-corrected chi connectivity index (χ1v) is 11.1. The summed E-state index contributed by atoms with van der Waals surface area (Å²) >= 11 is 0. The predicted octanol–water partition coefficient (Wildman–Crippen LogP) is 0.829. The first-order valence-electron chi connectivity index (χ1n) is 11.1. The van der Waals surface area contributed by atoms with Gasteiger partial charge in [-0.15, -0.1) is 0 Å². The van der Waals surface area contributed by atoms with Gasteiger partial charge in [0.25, 0.3) is 5.91 Å². The number of β-lactam (4-membered cyclic amide) rings is 1. The first kappa shape index (κ1) is 21.3. The number of carbonyl (C=O) groups is 3. The van der Waals surface area contributed by atoms with Crippen molar-refractivity contribution in [3.63, 3.8) is 0 Å². The summed E-state index contributed by atoms with van der Waals surface area (Å²) in [4.78, 5) is 58.6. The number of piperidine rings is 1. The molecule has 1 atom stereocenters. The zero-order valence-corrected chi connectivity index (χ0v) is 18.1. The molecule has 0 bridgehead atoms. The highest BCUT2D eigenvalue weighted by Gasteiger charge is 2.38. The fourth-order valence-corrected chi connectivity index (χ4v) is 4.50. The average Bonchev–Trinajstić information content (AvgIpc) is 3.33. The number of primary amides is 1. The largest absolute Gasteiger partial charge is 0.364 e. The van der Waals surface area contributed by atoms with Gasteiger partial charge in [-0.3, -0.25) is 24.2 Å². The van der Waals surface area contributed by atoms with E-state index in [0.29, 0.717) is 57.9 Å². The zero-order valence-electron chi connectivity index (χ0n) is 18.1. The molecule has 0 unspecified atom stereocenters. The maximum absolute atomic E-state index is 13.3. The van der Waals surface area contributed by atoms with Crippen LogP contribution in [0.5, 0.6) is 0 Å². The smallest absolute Gasteiger partial charge is 0.267 e. The molecule has 2 aromatic rings. The van der Waals surface area contributed by atoms with E-state index in [1.165, 1.54) is 17.3 Å². The maximum Gasteiger partial charge on any atom is 0.267 e. The van der Waals surface area contributed by atoms with Crippen LogP contribution >= 0.6 is 0 Å². The molecule has 0 aliphatic carbocycles. The van der Waals surface area contributed by atoms with Crippen LogP contribution in [0, 0.1) is 5.92 Å². The molecule has 11 heteroatoms. The van der Waals surface area contributed by atoms with Gasteiger partial charge in [-0.1, -0.05) is 0 Å². The summed E-state index contributed by atoms with van der Waals surface area (Å²) in [5, 5.41) is 1.49. The van der Waals surface area contributed by atoms with Gasteiger partial charge in [-0.25, -0.2) is 15.0 Å². The van der Waals surface area contributed by atoms with E-state index in [1.807, 2.05) is 11.0 Å². The highest BCUT2D eigenvalue weighted by Crippen LogP contribution is 2.35. The minimum absolute atomic E-state index is 0.0469. The molecule has 33 heavy (non-hydrogen) atoms. The van der Waals surface area contributed by atoms with E-state index < -0.39 is 5.91 Å². The number of amides is 3. The number of rotatable bonds is 5. The van der Waals surface area contributed by atoms with Gasteiger partial charge in [0.05, 0.1) is 24.5 Å². The van der Waals surface area contributed by atoms with Crippen LogP contribution in [-0.4, -0.2) is 64.0 Å². The van der Waals surface area contributed by atoms with E-state index in [4.69, 9.17) is 10.6 Å². The van der Waals surface area contributed by atoms with Gasteiger partial charge in [0.2, 0.25) is 17.8 Å². The maximum atomic E-state index is 13.3. The van der Waals surface area contributed by atoms with Gasteiger partial charge in [-0.05, 0) is 30.5 Å².